The van der Waals surface area contributed by atoms with Crippen LogP contribution in [0.3, 0.4) is 0 Å². The van der Waals surface area contributed by atoms with Crippen LogP contribution in [0.15, 0.2) is 47.4 Å². The van der Waals surface area contributed by atoms with Gasteiger partial charge in [-0.2, -0.15) is 4.98 Å². The van der Waals surface area contributed by atoms with Crippen molar-refractivity contribution in [1.29, 1.82) is 0 Å². The molecule has 1 unspecified atom stereocenters. The van der Waals surface area contributed by atoms with Gasteiger partial charge in [0.1, 0.15) is 11.1 Å². The van der Waals surface area contributed by atoms with E-state index in [1.165, 1.54) is 7.05 Å². The minimum absolute atomic E-state index is 0.0919. The zero-order valence-corrected chi connectivity index (χ0v) is 37.7. The van der Waals surface area contributed by atoms with Crippen molar-refractivity contribution in [3.05, 3.63) is 79.7 Å². The van der Waals surface area contributed by atoms with E-state index < -0.39 is 11.9 Å². The van der Waals surface area contributed by atoms with Crippen molar-refractivity contribution in [3.8, 4) is 5.75 Å². The molecule has 6 heterocycles. The number of nitrogens with zero attached hydrogens (tertiary/aromatic N) is 6. The van der Waals surface area contributed by atoms with E-state index in [1.54, 1.807) is 27.8 Å². The lowest BCUT2D eigenvalue weighted by molar-refractivity contribution is -0.137. The van der Waals surface area contributed by atoms with Gasteiger partial charge < -0.3 is 39.4 Å². The number of hydrogen-bond acceptors (Lipinski definition) is 12. The Kier molecular flexibility index (Phi) is 12.6. The third-order valence-electron chi connectivity index (χ3n) is 13.5. The van der Waals surface area contributed by atoms with E-state index >= 15 is 0 Å². The van der Waals surface area contributed by atoms with Gasteiger partial charge in [-0.3, -0.25) is 29.3 Å². The van der Waals surface area contributed by atoms with Crippen molar-refractivity contribution >= 4 is 75.2 Å². The number of carbonyl (C=O) groups excluding carboxylic acids is 4. The summed E-state index contributed by atoms with van der Waals surface area (Å²) in [5, 5.41) is 9.93. The van der Waals surface area contributed by atoms with Crippen molar-refractivity contribution in [2.75, 3.05) is 50.1 Å². The minimum atomic E-state index is -0.645. The Morgan fingerprint density at radius 3 is 2.42 bits per heavy atom. The second-order valence-corrected chi connectivity index (χ2v) is 18.6. The van der Waals surface area contributed by atoms with Crippen LogP contribution in [-0.4, -0.2) is 112 Å². The second kappa shape index (κ2) is 18.3. The van der Waals surface area contributed by atoms with Crippen molar-refractivity contribution in [2.24, 2.45) is 0 Å². The molecular weight excluding hydrogens is 861 g/mol. The van der Waals surface area contributed by atoms with Gasteiger partial charge in [0.25, 0.3) is 17.4 Å². The Hall–Kier alpha value is -5.29. The van der Waals surface area contributed by atoms with E-state index in [2.05, 4.69) is 36.8 Å². The van der Waals surface area contributed by atoms with Crippen molar-refractivity contribution in [1.82, 2.24) is 35.0 Å². The van der Waals surface area contributed by atoms with Crippen LogP contribution in [0.1, 0.15) is 98.7 Å². The Labute approximate surface area is 380 Å². The lowest BCUT2D eigenvalue weighted by atomic mass is 9.83. The molecule has 5 aliphatic rings. The van der Waals surface area contributed by atoms with Crippen LogP contribution in [0.4, 0.5) is 17.5 Å². The highest BCUT2D eigenvalue weighted by atomic mass is 35.5. The number of rotatable bonds is 12. The summed E-state index contributed by atoms with van der Waals surface area (Å²) in [5.41, 5.74) is 3.65. The number of pyridine rings is 1. The largest absolute Gasteiger partial charge is 0.478 e. The van der Waals surface area contributed by atoms with Gasteiger partial charge >= 0.3 is 0 Å². The molecular formula is C46H53Cl2N9O7. The molecule has 0 bridgehead atoms. The fourth-order valence-electron chi connectivity index (χ4n) is 9.87. The van der Waals surface area contributed by atoms with Gasteiger partial charge in [0, 0.05) is 66.8 Å². The molecule has 1 aliphatic carbocycles. The molecule has 4 fully saturated rings. The molecule has 3 N–H and O–H groups in total. The second-order valence-electron chi connectivity index (χ2n) is 17.8. The van der Waals surface area contributed by atoms with Gasteiger partial charge in [-0.1, -0.05) is 29.3 Å². The fraction of sp³-hybridized carbons (Fsp3) is 0.500. The van der Waals surface area contributed by atoms with Crippen LogP contribution in [0.2, 0.25) is 10.0 Å². The first-order valence-electron chi connectivity index (χ1n) is 22.3. The molecule has 4 amide bonds. The van der Waals surface area contributed by atoms with Gasteiger partial charge in [-0.25, -0.2) is 4.98 Å². The minimum Gasteiger partial charge on any atom is -0.478 e. The zero-order valence-electron chi connectivity index (χ0n) is 36.2. The molecule has 3 saturated heterocycles. The average Bonchev–Trinajstić information content (AvgIpc) is 3.58. The topological polar surface area (TPSA) is 180 Å². The smallest absolute Gasteiger partial charge is 0.293 e. The third kappa shape index (κ3) is 8.89. The Morgan fingerprint density at radius 2 is 1.70 bits per heavy atom. The molecule has 1 saturated carbocycles. The van der Waals surface area contributed by atoms with Crippen LogP contribution < -0.4 is 31.1 Å². The van der Waals surface area contributed by atoms with Gasteiger partial charge in [0.15, 0.2) is 18.2 Å². The number of piperidine rings is 3. The Balaban J connectivity index is 0.746. The first-order chi connectivity index (χ1) is 30.8. The number of ether oxygens (including phenoxy) is 2. The quantitative estimate of drug-likeness (QED) is 0.148. The van der Waals surface area contributed by atoms with Gasteiger partial charge in [-0.15, -0.1) is 0 Å². The molecule has 18 heteroatoms. The maximum absolute atomic E-state index is 13.3. The van der Waals surface area contributed by atoms with E-state index in [9.17, 15) is 24.0 Å². The van der Waals surface area contributed by atoms with E-state index in [1.807, 2.05) is 32.0 Å². The van der Waals surface area contributed by atoms with Crippen LogP contribution in [0, 0.1) is 0 Å². The van der Waals surface area contributed by atoms with Crippen molar-refractivity contribution in [3.63, 3.8) is 0 Å². The first-order valence-corrected chi connectivity index (χ1v) is 23.0. The molecule has 16 nitrogen and oxygen atoms in total. The lowest BCUT2D eigenvalue weighted by Crippen LogP contribution is -2.52. The highest BCUT2D eigenvalue weighted by molar-refractivity contribution is 6.33. The molecule has 9 rings (SSSR count). The fourth-order valence-corrected chi connectivity index (χ4v) is 10.3. The number of aromatic nitrogens is 3. The number of carbonyl (C=O) groups is 4. The molecule has 0 radical (unpaired) electrons. The van der Waals surface area contributed by atoms with Gasteiger partial charge in [0.2, 0.25) is 17.8 Å². The summed E-state index contributed by atoms with van der Waals surface area (Å²) in [6, 6.07) is 10.8. The number of likely N-dealkylation sites (N-methyl/N-ethyl adjacent to an activating group) is 1. The summed E-state index contributed by atoms with van der Waals surface area (Å²) >= 11 is 13.4. The number of amides is 4. The Bertz CT molecular complexity index is 2550. The molecule has 0 spiro atoms. The molecule has 4 aromatic rings. The number of anilines is 3. The number of halogens is 2. The van der Waals surface area contributed by atoms with E-state index in [4.69, 9.17) is 37.7 Å². The monoisotopic (exact) mass is 913 g/mol. The summed E-state index contributed by atoms with van der Waals surface area (Å²) in [6.45, 7) is 7.39. The van der Waals surface area contributed by atoms with E-state index in [-0.39, 0.29) is 60.3 Å². The van der Waals surface area contributed by atoms with Gasteiger partial charge in [-0.05, 0) is 119 Å². The van der Waals surface area contributed by atoms with Crippen LogP contribution >= 0.6 is 23.2 Å². The number of hydrogen-bond donors (Lipinski definition) is 3. The maximum atomic E-state index is 13.3. The molecule has 4 aliphatic heterocycles. The summed E-state index contributed by atoms with van der Waals surface area (Å²) < 4.78 is 13.9. The summed E-state index contributed by atoms with van der Waals surface area (Å²) in [6.07, 6.45) is 8.32. The molecule has 338 valence electrons. The third-order valence-corrected chi connectivity index (χ3v) is 14.1. The van der Waals surface area contributed by atoms with E-state index in [0.717, 1.165) is 86.7 Å². The molecule has 2 aromatic heterocycles. The van der Waals surface area contributed by atoms with Crippen molar-refractivity contribution < 1.29 is 28.7 Å². The zero-order chi connectivity index (χ0) is 44.8. The molecule has 64 heavy (non-hydrogen) atoms. The SMILES string of the molecule is CNC(=O)COc1cc2cc(Nc3nc(N4CCC(OC5CC(N6CCC(c7cc8c(cc7Cl)C(=O)N(C7CCC(=O)NC7=O)C8)CC6)C5)CC4)ncc3Cl)ccc2n(C(C)C)c1=O. The molecule has 2 aromatic carbocycles. The summed E-state index contributed by atoms with van der Waals surface area (Å²) in [5.74, 6) is 0.188. The lowest BCUT2D eigenvalue weighted by Gasteiger charge is -2.47. The number of likely N-dealkylation sites (tertiary alicyclic amines) is 1. The predicted molar refractivity (Wildman–Crippen MR) is 243 cm³/mol. The van der Waals surface area contributed by atoms with Crippen LogP contribution in [0.25, 0.3) is 10.9 Å². The molecule has 1 atom stereocenters. The van der Waals surface area contributed by atoms with Gasteiger partial charge in [0.05, 0.1) is 23.9 Å². The standard InChI is InChI=1S/C46H53Cl2N9O7/c1-25(2)57-37-5-4-29(16-27(37)18-39(45(57)62)63-24-41(59)49-3)51-42-36(48)22-50-46(53-42)55-14-10-31(11-15-55)64-32-19-30(20-32)54-12-8-26(9-13-54)33-17-28-23-56(44(61)34(28)21-35(33)47)38-6-7-40(58)52-43(38)60/h4-5,16-18,21-22,25-26,30-32,38H,6-15,19-20,23-24H2,1-3H3,(H,49,59)(H,50,51,53)(H,52,58,60). The highest BCUT2D eigenvalue weighted by Crippen LogP contribution is 2.41. The summed E-state index contributed by atoms with van der Waals surface area (Å²) in [4.78, 5) is 78.2. The average molecular weight is 915 g/mol. The number of fused-ring (bicyclic) bond motifs is 2. The number of imide groups is 1. The predicted octanol–water partition coefficient (Wildman–Crippen LogP) is 5.70. The van der Waals surface area contributed by atoms with Crippen LogP contribution in [0.5, 0.6) is 5.75 Å². The number of nitrogens with one attached hydrogen (secondary N) is 3. The highest BCUT2D eigenvalue weighted by Gasteiger charge is 2.41. The van der Waals surface area contributed by atoms with Crippen molar-refractivity contribution in [2.45, 2.75) is 108 Å². The first kappa shape index (κ1) is 43.9. The summed E-state index contributed by atoms with van der Waals surface area (Å²) in [7, 11) is 1.51. The normalized spacial score (nSPS) is 22.2. The van der Waals surface area contributed by atoms with Crippen LogP contribution in [-0.2, 0) is 25.7 Å². The Morgan fingerprint density at radius 1 is 0.938 bits per heavy atom. The maximum Gasteiger partial charge on any atom is 0.293 e. The number of benzene rings is 2. The van der Waals surface area contributed by atoms with E-state index in [0.29, 0.717) is 58.0 Å².